The highest BCUT2D eigenvalue weighted by Gasteiger charge is 2.49. The summed E-state index contributed by atoms with van der Waals surface area (Å²) in [6.45, 7) is 40.6. The Labute approximate surface area is 438 Å². The van der Waals surface area contributed by atoms with Gasteiger partial charge in [-0.3, -0.25) is 0 Å². The summed E-state index contributed by atoms with van der Waals surface area (Å²) in [5, 5.41) is 2.92. The van der Waals surface area contributed by atoms with Crippen LogP contribution >= 0.6 is 11.3 Å². The number of hydrogen-bond donors (Lipinski definition) is 0. The van der Waals surface area contributed by atoms with Gasteiger partial charge in [-0.25, -0.2) is 0 Å². The molecule has 0 amide bonds. The fourth-order valence-electron chi connectivity index (χ4n) is 14.2. The molecule has 0 atom stereocenters. The van der Waals surface area contributed by atoms with Crippen LogP contribution < -0.4 is 30.7 Å². The molecule has 0 N–H and O–H groups in total. The minimum absolute atomic E-state index is 0.0626. The van der Waals surface area contributed by atoms with Gasteiger partial charge in [0.05, 0.1) is 13.8 Å². The first-order valence-electron chi connectivity index (χ1n) is 27.5. The topological polar surface area (TPSA) is 6.48 Å². The van der Waals surface area contributed by atoms with E-state index in [0.29, 0.717) is 0 Å². The summed E-state index contributed by atoms with van der Waals surface area (Å²) in [5.74, 6) is 0. The third-order valence-corrected chi connectivity index (χ3v) is 22.6. The molecule has 2 aliphatic heterocycles. The van der Waals surface area contributed by atoms with E-state index in [-0.39, 0.29) is 39.2 Å². The third-order valence-electron chi connectivity index (χ3n) is 19.3. The molecule has 0 fully saturated rings. The molecule has 0 unspecified atom stereocenters. The quantitative estimate of drug-likeness (QED) is 0.159. The number of thiophene rings is 1. The lowest BCUT2D eigenvalue weighted by atomic mass is 9.35. The first-order chi connectivity index (χ1) is 33.7. The van der Waals surface area contributed by atoms with Gasteiger partial charge in [-0.2, -0.15) is 0 Å². The van der Waals surface area contributed by atoms with Crippen LogP contribution in [0, 0.1) is 6.92 Å². The zero-order valence-electron chi connectivity index (χ0n) is 46.6. The maximum atomic E-state index is 2.80. The summed E-state index contributed by atoms with van der Waals surface area (Å²) in [7, 11) is -1.55. The van der Waals surface area contributed by atoms with E-state index in [4.69, 9.17) is 0 Å². The van der Waals surface area contributed by atoms with Crippen molar-refractivity contribution in [3.05, 3.63) is 148 Å². The largest absolute Gasteiger partial charge is 0.338 e. The molecule has 5 heteroatoms. The smallest absolute Gasteiger partial charge is 0.264 e. The van der Waals surface area contributed by atoms with Crippen LogP contribution in [-0.4, -0.2) is 14.8 Å². The Balaban J connectivity index is 1.18. The van der Waals surface area contributed by atoms with Crippen molar-refractivity contribution in [3.63, 3.8) is 0 Å². The highest BCUT2D eigenvalue weighted by Crippen LogP contribution is 2.55. The molecule has 0 spiro atoms. The van der Waals surface area contributed by atoms with Crippen LogP contribution in [0.3, 0.4) is 0 Å². The average molecular weight is 983 g/mol. The van der Waals surface area contributed by atoms with E-state index in [1.54, 1.807) is 11.1 Å². The Bertz CT molecular complexity index is 3390. The lowest BCUT2D eigenvalue weighted by Crippen LogP contribution is -2.61. The van der Waals surface area contributed by atoms with Crippen LogP contribution in [0.4, 0.5) is 28.4 Å². The second-order valence-corrected chi connectivity index (χ2v) is 34.4. The monoisotopic (exact) mass is 983 g/mol. The summed E-state index contributed by atoms with van der Waals surface area (Å²) in [6.07, 6.45) is 7.18. The van der Waals surface area contributed by atoms with Crippen molar-refractivity contribution in [1.29, 1.82) is 0 Å². The highest BCUT2D eigenvalue weighted by atomic mass is 32.1. The van der Waals surface area contributed by atoms with Crippen molar-refractivity contribution in [2.75, 3.05) is 9.80 Å². The molecule has 0 saturated heterocycles. The van der Waals surface area contributed by atoms with Crippen molar-refractivity contribution in [2.24, 2.45) is 0 Å². The summed E-state index contributed by atoms with van der Waals surface area (Å²) in [5.41, 5.74) is 24.8. The zero-order chi connectivity index (χ0) is 51.0. The summed E-state index contributed by atoms with van der Waals surface area (Å²) in [6, 6.07) is 42.3. The summed E-state index contributed by atoms with van der Waals surface area (Å²) in [4.78, 5) is 5.53. The van der Waals surface area contributed by atoms with Crippen molar-refractivity contribution in [1.82, 2.24) is 0 Å². The van der Waals surface area contributed by atoms with Gasteiger partial charge in [0.2, 0.25) is 0 Å². The van der Waals surface area contributed by atoms with E-state index in [2.05, 4.69) is 234 Å². The molecule has 2 nitrogen and oxygen atoms in total. The van der Waals surface area contributed by atoms with Crippen LogP contribution in [0.1, 0.15) is 166 Å². The SMILES string of the molecule is Cc1cc2c3c(c1)N(c1ccc([Si](C)(C)C)cc1)c1c(sc4cc5c(cc14)C(C)(C)CCC5(C)C)B3c1cc3c(cc1N2Cc1cc2c(cc1-c1ccccc1)C(C)(C)CCC2(C)C)C(C)(C)CCC3(C)C. The fraction of sp³-hybridized carbons (Fsp3) is 0.433. The van der Waals surface area contributed by atoms with Gasteiger partial charge in [0.15, 0.2) is 0 Å². The highest BCUT2D eigenvalue weighted by molar-refractivity contribution is 7.33. The van der Waals surface area contributed by atoms with Gasteiger partial charge in [-0.05, 0) is 193 Å². The van der Waals surface area contributed by atoms with Crippen LogP contribution in [-0.2, 0) is 39.0 Å². The number of rotatable bonds is 5. The second-order valence-electron chi connectivity index (χ2n) is 28.3. The Morgan fingerprint density at radius 3 is 1.60 bits per heavy atom. The van der Waals surface area contributed by atoms with Gasteiger partial charge in [0.25, 0.3) is 6.71 Å². The molecule has 0 radical (unpaired) electrons. The first kappa shape index (κ1) is 48.1. The molecule has 12 rings (SSSR count). The molecule has 72 heavy (non-hydrogen) atoms. The Morgan fingerprint density at radius 2 is 1.03 bits per heavy atom. The molecule has 5 aliphatic rings. The molecule has 370 valence electrons. The van der Waals surface area contributed by atoms with Crippen LogP contribution in [0.2, 0.25) is 19.6 Å². The first-order valence-corrected chi connectivity index (χ1v) is 31.9. The Morgan fingerprint density at radius 1 is 0.528 bits per heavy atom. The summed E-state index contributed by atoms with van der Waals surface area (Å²) < 4.78 is 2.92. The van der Waals surface area contributed by atoms with Gasteiger partial charge in [0, 0.05) is 44.2 Å². The van der Waals surface area contributed by atoms with Crippen molar-refractivity contribution in [3.8, 4) is 11.1 Å². The number of fused-ring (bicyclic) bond motifs is 9. The van der Waals surface area contributed by atoms with Crippen LogP contribution in [0.15, 0.2) is 103 Å². The predicted molar refractivity (Wildman–Crippen MR) is 319 cm³/mol. The maximum Gasteiger partial charge on any atom is 0.264 e. The second kappa shape index (κ2) is 15.6. The average Bonchev–Trinajstić information content (AvgIpc) is 3.69. The molecular formula is C67H79BN2SSi. The number of hydrogen-bond acceptors (Lipinski definition) is 3. The van der Waals surface area contributed by atoms with E-state index >= 15 is 0 Å². The molecule has 0 bridgehead atoms. The molecular weight excluding hydrogens is 904 g/mol. The van der Waals surface area contributed by atoms with Gasteiger partial charge < -0.3 is 9.80 Å². The third kappa shape index (κ3) is 7.26. The van der Waals surface area contributed by atoms with E-state index in [9.17, 15) is 0 Å². The van der Waals surface area contributed by atoms with Crippen LogP contribution in [0.25, 0.3) is 21.2 Å². The summed E-state index contributed by atoms with van der Waals surface area (Å²) >= 11 is 2.09. The van der Waals surface area contributed by atoms with Gasteiger partial charge >= 0.3 is 0 Å². The standard InChI is InChI=1S/C67H79BN2SSi/c1-41-32-56-59-57(33-41)70(44-22-24-45(25-23-44)72(14,15)16)60-47-36-50-53(67(12,13)31-28-64(50,6)7)39-58(47)71-61(60)68(59)54-37-51-52(66(10,11)30-29-65(51,8)9)38-55(54)69(56)40-43-34-48-49(63(4,5)27-26-62(48,2)3)35-46(43)42-20-18-17-19-21-42/h17-25,32-39H,26-31,40H2,1-16H3. The molecule has 0 saturated carbocycles. The van der Waals surface area contributed by atoms with E-state index in [1.165, 1.54) is 142 Å². The van der Waals surface area contributed by atoms with Gasteiger partial charge in [0.1, 0.15) is 0 Å². The van der Waals surface area contributed by atoms with E-state index in [0.717, 1.165) is 6.54 Å². The molecule has 1 aromatic heterocycles. The fourth-order valence-corrected chi connectivity index (χ4v) is 16.7. The minimum atomic E-state index is -1.55. The van der Waals surface area contributed by atoms with Gasteiger partial charge in [-0.1, -0.05) is 163 Å². The Kier molecular flexibility index (Phi) is 10.4. The minimum Gasteiger partial charge on any atom is -0.338 e. The lowest BCUT2D eigenvalue weighted by molar-refractivity contribution is 0.331. The molecule has 6 aromatic carbocycles. The number of anilines is 5. The lowest BCUT2D eigenvalue weighted by Gasteiger charge is -2.47. The maximum absolute atomic E-state index is 2.80. The normalized spacial score (nSPS) is 20.2. The number of benzene rings is 6. The molecule has 3 aliphatic carbocycles. The predicted octanol–water partition coefficient (Wildman–Crippen LogP) is 16.4. The van der Waals surface area contributed by atoms with E-state index in [1.807, 2.05) is 0 Å². The molecule has 3 heterocycles. The van der Waals surface area contributed by atoms with Crippen LogP contribution in [0.5, 0.6) is 0 Å². The van der Waals surface area contributed by atoms with Crippen molar-refractivity contribution in [2.45, 2.75) is 187 Å². The number of nitrogens with zero attached hydrogens (tertiary/aromatic N) is 2. The zero-order valence-corrected chi connectivity index (χ0v) is 48.5. The van der Waals surface area contributed by atoms with Crippen molar-refractivity contribution >= 4 is 85.5 Å². The Hall–Kier alpha value is -4.84. The van der Waals surface area contributed by atoms with E-state index < -0.39 is 8.07 Å². The van der Waals surface area contributed by atoms with Crippen molar-refractivity contribution < 1.29 is 0 Å². The number of aryl methyl sites for hydroxylation is 1. The van der Waals surface area contributed by atoms with Gasteiger partial charge in [-0.15, -0.1) is 11.3 Å². The molecule has 7 aromatic rings.